The monoisotopic (exact) mass is 293 g/mol. The van der Waals surface area contributed by atoms with Crippen LogP contribution in [0.1, 0.15) is 116 Å². The van der Waals surface area contributed by atoms with E-state index in [0.717, 1.165) is 6.42 Å². The number of hydrogen-bond acceptors (Lipinski definition) is 0. The molecule has 0 atom stereocenters. The molecular weight excluding hydrogens is 252 g/mol. The van der Waals surface area contributed by atoms with Gasteiger partial charge in [0.1, 0.15) is 0 Å². The van der Waals surface area contributed by atoms with Crippen LogP contribution < -0.4 is 0 Å². The Morgan fingerprint density at radius 1 is 0.524 bits per heavy atom. The predicted molar refractivity (Wildman–Crippen MR) is 98.7 cm³/mol. The molecule has 0 aromatic heterocycles. The highest BCUT2D eigenvalue weighted by atomic mass is 14.0. The quantitative estimate of drug-likeness (QED) is 0.188. The van der Waals surface area contributed by atoms with E-state index < -0.39 is 0 Å². The number of rotatable bonds is 17. The van der Waals surface area contributed by atoms with E-state index in [-0.39, 0.29) is 0 Å². The molecule has 0 heterocycles. The standard InChI is InChI=1S/C21H41/c1-3-5-7-9-11-13-15-17-19-21-20-18-16-14-12-10-8-6-4-2/h10,12H,1,3-9,11,13-21H2,2H3. The van der Waals surface area contributed by atoms with Gasteiger partial charge < -0.3 is 0 Å². The molecule has 0 aliphatic heterocycles. The van der Waals surface area contributed by atoms with Crippen molar-refractivity contribution in [2.75, 3.05) is 0 Å². The maximum absolute atomic E-state index is 3.89. The highest BCUT2D eigenvalue weighted by molar-refractivity contribution is 4.81. The zero-order valence-electron chi connectivity index (χ0n) is 14.9. The van der Waals surface area contributed by atoms with Gasteiger partial charge in [-0.3, -0.25) is 0 Å². The van der Waals surface area contributed by atoms with Crippen molar-refractivity contribution in [2.45, 2.75) is 116 Å². The second kappa shape index (κ2) is 19.7. The van der Waals surface area contributed by atoms with Crippen LogP contribution in [0.15, 0.2) is 12.2 Å². The minimum absolute atomic E-state index is 1.12. The average molecular weight is 294 g/mol. The maximum atomic E-state index is 3.89. The van der Waals surface area contributed by atoms with Crippen LogP contribution in [0.25, 0.3) is 0 Å². The summed E-state index contributed by atoms with van der Waals surface area (Å²) in [6, 6.07) is 0. The molecule has 0 aromatic carbocycles. The van der Waals surface area contributed by atoms with Crippen molar-refractivity contribution in [1.29, 1.82) is 0 Å². The summed E-state index contributed by atoms with van der Waals surface area (Å²) in [4.78, 5) is 0. The highest BCUT2D eigenvalue weighted by Crippen LogP contribution is 2.13. The lowest BCUT2D eigenvalue weighted by molar-refractivity contribution is 0.542. The fourth-order valence-corrected chi connectivity index (χ4v) is 2.76. The topological polar surface area (TPSA) is 0 Å². The third-order valence-electron chi connectivity index (χ3n) is 4.26. The van der Waals surface area contributed by atoms with Gasteiger partial charge in [-0.1, -0.05) is 116 Å². The molecule has 0 unspecified atom stereocenters. The Labute approximate surface area is 135 Å². The van der Waals surface area contributed by atoms with Crippen molar-refractivity contribution in [3.05, 3.63) is 19.1 Å². The third-order valence-corrected chi connectivity index (χ3v) is 4.26. The van der Waals surface area contributed by atoms with Crippen molar-refractivity contribution < 1.29 is 0 Å². The summed E-state index contributed by atoms with van der Waals surface area (Å²) in [7, 11) is 0. The van der Waals surface area contributed by atoms with Gasteiger partial charge in [0.25, 0.3) is 0 Å². The number of hydrogen-bond donors (Lipinski definition) is 0. The van der Waals surface area contributed by atoms with E-state index in [9.17, 15) is 0 Å². The van der Waals surface area contributed by atoms with Crippen LogP contribution in [0.2, 0.25) is 0 Å². The molecule has 0 saturated carbocycles. The lowest BCUT2D eigenvalue weighted by Crippen LogP contribution is -1.82. The van der Waals surface area contributed by atoms with E-state index in [1.165, 1.54) is 103 Å². The van der Waals surface area contributed by atoms with Crippen LogP contribution >= 0.6 is 0 Å². The van der Waals surface area contributed by atoms with Crippen LogP contribution in [0.3, 0.4) is 0 Å². The molecule has 125 valence electrons. The second-order valence-electron chi connectivity index (χ2n) is 6.50. The highest BCUT2D eigenvalue weighted by Gasteiger charge is 1.93. The zero-order chi connectivity index (χ0) is 15.4. The minimum Gasteiger partial charge on any atom is -0.0885 e. The van der Waals surface area contributed by atoms with Gasteiger partial charge in [0.15, 0.2) is 0 Å². The van der Waals surface area contributed by atoms with E-state index in [4.69, 9.17) is 0 Å². The predicted octanol–water partition coefficient (Wildman–Crippen LogP) is 8.03. The lowest BCUT2D eigenvalue weighted by Gasteiger charge is -2.02. The molecule has 0 rings (SSSR count). The summed E-state index contributed by atoms with van der Waals surface area (Å²) in [5, 5.41) is 0. The Hall–Kier alpha value is -0.260. The summed E-state index contributed by atoms with van der Waals surface area (Å²) in [5.41, 5.74) is 0. The summed E-state index contributed by atoms with van der Waals surface area (Å²) in [6.07, 6.45) is 28.3. The largest absolute Gasteiger partial charge is 0.0885 e. The number of allylic oxidation sites excluding steroid dienone is 2. The van der Waals surface area contributed by atoms with E-state index in [0.29, 0.717) is 0 Å². The maximum Gasteiger partial charge on any atom is -0.0351 e. The summed E-state index contributed by atoms with van der Waals surface area (Å²) >= 11 is 0. The first-order valence-electron chi connectivity index (χ1n) is 9.86. The van der Waals surface area contributed by atoms with E-state index in [2.05, 4.69) is 26.0 Å². The fourth-order valence-electron chi connectivity index (χ4n) is 2.76. The van der Waals surface area contributed by atoms with Gasteiger partial charge in [-0.2, -0.15) is 0 Å². The normalized spacial score (nSPS) is 11.5. The van der Waals surface area contributed by atoms with Crippen molar-refractivity contribution >= 4 is 0 Å². The van der Waals surface area contributed by atoms with Gasteiger partial charge in [0.2, 0.25) is 0 Å². The van der Waals surface area contributed by atoms with Gasteiger partial charge in [-0.25, -0.2) is 0 Å². The molecule has 0 nitrogen and oxygen atoms in total. The van der Waals surface area contributed by atoms with Gasteiger partial charge >= 0.3 is 0 Å². The Bertz CT molecular complexity index is 192. The molecule has 0 saturated heterocycles. The molecule has 0 N–H and O–H groups in total. The van der Waals surface area contributed by atoms with Gasteiger partial charge in [-0.15, -0.1) is 0 Å². The molecule has 1 radical (unpaired) electrons. The first-order chi connectivity index (χ1) is 10.4. The SMILES string of the molecule is [CH2]CCCCCCCCCCCCCCC=CCCCC. The molecule has 0 aliphatic rings. The molecule has 21 heavy (non-hydrogen) atoms. The molecule has 0 fully saturated rings. The minimum atomic E-state index is 1.12. The average Bonchev–Trinajstić information content (AvgIpc) is 2.50. The van der Waals surface area contributed by atoms with E-state index in [1.54, 1.807) is 0 Å². The van der Waals surface area contributed by atoms with Crippen molar-refractivity contribution in [2.24, 2.45) is 0 Å². The van der Waals surface area contributed by atoms with Gasteiger partial charge in [0.05, 0.1) is 0 Å². The Morgan fingerprint density at radius 3 is 1.33 bits per heavy atom. The third kappa shape index (κ3) is 19.7. The smallest absolute Gasteiger partial charge is 0.0351 e. The summed E-state index contributed by atoms with van der Waals surface area (Å²) < 4.78 is 0. The molecular formula is C21H41. The summed E-state index contributed by atoms with van der Waals surface area (Å²) in [5.74, 6) is 0. The van der Waals surface area contributed by atoms with E-state index >= 15 is 0 Å². The Kier molecular flexibility index (Phi) is 19.5. The van der Waals surface area contributed by atoms with E-state index in [1.807, 2.05) is 0 Å². The Morgan fingerprint density at radius 2 is 0.905 bits per heavy atom. The molecule has 0 aromatic rings. The zero-order valence-corrected chi connectivity index (χ0v) is 14.9. The van der Waals surface area contributed by atoms with Crippen molar-refractivity contribution in [3.8, 4) is 0 Å². The van der Waals surface area contributed by atoms with Crippen LogP contribution in [0, 0.1) is 6.92 Å². The van der Waals surface area contributed by atoms with Crippen LogP contribution in [-0.2, 0) is 0 Å². The van der Waals surface area contributed by atoms with Crippen LogP contribution in [-0.4, -0.2) is 0 Å². The second-order valence-corrected chi connectivity index (χ2v) is 6.50. The molecule has 0 aliphatic carbocycles. The van der Waals surface area contributed by atoms with Crippen molar-refractivity contribution in [1.82, 2.24) is 0 Å². The van der Waals surface area contributed by atoms with Crippen LogP contribution in [0.4, 0.5) is 0 Å². The van der Waals surface area contributed by atoms with Gasteiger partial charge in [0, 0.05) is 0 Å². The van der Waals surface area contributed by atoms with Crippen molar-refractivity contribution in [3.63, 3.8) is 0 Å². The first kappa shape index (κ1) is 20.7. The Balaban J connectivity index is 2.98. The molecule has 0 heteroatoms. The lowest BCUT2D eigenvalue weighted by atomic mass is 10.0. The number of unbranched alkanes of at least 4 members (excludes halogenated alkanes) is 15. The van der Waals surface area contributed by atoms with Gasteiger partial charge in [-0.05, 0) is 19.3 Å². The first-order valence-corrected chi connectivity index (χ1v) is 9.86. The molecule has 0 spiro atoms. The summed E-state index contributed by atoms with van der Waals surface area (Å²) in [6.45, 7) is 6.15. The molecule has 0 amide bonds. The molecule has 0 bridgehead atoms. The van der Waals surface area contributed by atoms with Crippen LogP contribution in [0.5, 0.6) is 0 Å². The fraction of sp³-hybridized carbons (Fsp3) is 0.857.